The molecule has 0 bridgehead atoms. The molecule has 1 saturated heterocycles. The molecule has 2 rings (SSSR count). The molecule has 0 spiro atoms. The lowest BCUT2D eigenvalue weighted by Crippen LogP contribution is -2.53. The van der Waals surface area contributed by atoms with E-state index in [1.54, 1.807) is 0 Å². The van der Waals surface area contributed by atoms with E-state index in [1.165, 1.54) is 12.8 Å². The Kier molecular flexibility index (Phi) is 13.3. The van der Waals surface area contributed by atoms with Gasteiger partial charge >= 0.3 is 0 Å². The third-order valence-corrected chi connectivity index (χ3v) is 5.63. The summed E-state index contributed by atoms with van der Waals surface area (Å²) < 4.78 is 5.57. The van der Waals surface area contributed by atoms with Crippen LogP contribution in [0.15, 0.2) is 23.3 Å². The average Bonchev–Trinajstić information content (AvgIpc) is 2.75. The summed E-state index contributed by atoms with van der Waals surface area (Å²) >= 11 is 0. The first-order valence-electron chi connectivity index (χ1n) is 11.1. The number of morpholine rings is 1. The molecule has 1 atom stereocenters. The van der Waals surface area contributed by atoms with Gasteiger partial charge in [-0.25, -0.2) is 9.98 Å². The molecule has 8 heteroatoms. The van der Waals surface area contributed by atoms with Gasteiger partial charge in [0, 0.05) is 58.1 Å². The molecule has 0 radical (unpaired) electrons. The van der Waals surface area contributed by atoms with Crippen molar-refractivity contribution < 1.29 is 4.74 Å². The molecule has 0 amide bonds. The number of aromatic nitrogens is 1. The minimum absolute atomic E-state index is 0. The topological polar surface area (TPSA) is 65.0 Å². The number of rotatable bonds is 10. The second-order valence-electron chi connectivity index (χ2n) is 7.75. The molecule has 2 N–H and O–H groups in total. The highest BCUT2D eigenvalue weighted by Gasteiger charge is 2.27. The van der Waals surface area contributed by atoms with Crippen LogP contribution in [0.4, 0.5) is 5.82 Å². The van der Waals surface area contributed by atoms with E-state index in [1.807, 2.05) is 31.3 Å². The van der Waals surface area contributed by atoms with Gasteiger partial charge in [0.05, 0.1) is 19.8 Å². The maximum absolute atomic E-state index is 5.57. The monoisotopic (exact) mass is 532 g/mol. The van der Waals surface area contributed by atoms with Gasteiger partial charge < -0.3 is 20.3 Å². The second kappa shape index (κ2) is 14.8. The number of halogens is 1. The van der Waals surface area contributed by atoms with Gasteiger partial charge in [-0.15, -0.1) is 24.0 Å². The lowest BCUT2D eigenvalue weighted by atomic mass is 9.92. The summed E-state index contributed by atoms with van der Waals surface area (Å²) in [7, 11) is 4.03. The second-order valence-corrected chi connectivity index (χ2v) is 7.75. The lowest BCUT2D eigenvalue weighted by molar-refractivity contribution is 0.00272. The number of ether oxygens (including phenoxy) is 1. The highest BCUT2D eigenvalue weighted by Crippen LogP contribution is 2.20. The summed E-state index contributed by atoms with van der Waals surface area (Å²) in [6.45, 7) is 12.7. The zero-order valence-electron chi connectivity index (χ0n) is 19.4. The molecule has 172 valence electrons. The Morgan fingerprint density at radius 2 is 1.90 bits per heavy atom. The van der Waals surface area contributed by atoms with E-state index in [0.717, 1.165) is 56.7 Å². The molecule has 0 aliphatic carbocycles. The fourth-order valence-corrected chi connectivity index (χ4v) is 4.00. The highest BCUT2D eigenvalue weighted by atomic mass is 127. The van der Waals surface area contributed by atoms with Gasteiger partial charge in [0.1, 0.15) is 5.82 Å². The minimum Gasteiger partial charge on any atom is -0.379 e. The first kappa shape index (κ1) is 26.9. The van der Waals surface area contributed by atoms with E-state index in [0.29, 0.717) is 18.5 Å². The standard InChI is InChI=1S/C22H40N6O.HI/c1-6-18(7-2)20(28-12-14-29-15-13-28)17-26-22(23-8-3)25-16-19-10-9-11-24-21(19)27(4)5;/h9-11,18,20H,6-8,12-17H2,1-5H3,(H2,23,25,26);1H. The van der Waals surface area contributed by atoms with Gasteiger partial charge in [0.2, 0.25) is 0 Å². The van der Waals surface area contributed by atoms with Crippen molar-refractivity contribution in [1.29, 1.82) is 0 Å². The Hall–Kier alpha value is -1.13. The first-order chi connectivity index (χ1) is 14.1. The molecule has 2 heterocycles. The number of pyridine rings is 1. The van der Waals surface area contributed by atoms with Gasteiger partial charge in [-0.05, 0) is 18.9 Å². The SMILES string of the molecule is CCNC(=NCc1cccnc1N(C)C)NCC(C(CC)CC)N1CCOCC1.I. The van der Waals surface area contributed by atoms with Crippen molar-refractivity contribution in [3.8, 4) is 0 Å². The van der Waals surface area contributed by atoms with Crippen molar-refractivity contribution in [2.75, 3.05) is 58.4 Å². The Labute approximate surface area is 200 Å². The Morgan fingerprint density at radius 1 is 1.20 bits per heavy atom. The Balaban J connectivity index is 0.00000450. The predicted octanol–water partition coefficient (Wildman–Crippen LogP) is 2.96. The van der Waals surface area contributed by atoms with E-state index in [-0.39, 0.29) is 24.0 Å². The lowest BCUT2D eigenvalue weighted by Gasteiger charge is -2.39. The number of guanidine groups is 1. The summed E-state index contributed by atoms with van der Waals surface area (Å²) in [5, 5.41) is 7.00. The van der Waals surface area contributed by atoms with E-state index < -0.39 is 0 Å². The molecule has 0 aromatic carbocycles. The van der Waals surface area contributed by atoms with Crippen molar-refractivity contribution in [1.82, 2.24) is 20.5 Å². The largest absolute Gasteiger partial charge is 0.379 e. The van der Waals surface area contributed by atoms with E-state index >= 15 is 0 Å². The summed E-state index contributed by atoms with van der Waals surface area (Å²) in [5.74, 6) is 2.50. The van der Waals surface area contributed by atoms with Crippen molar-refractivity contribution in [2.24, 2.45) is 10.9 Å². The molecule has 1 aromatic rings. The predicted molar refractivity (Wildman–Crippen MR) is 137 cm³/mol. The van der Waals surface area contributed by atoms with Crippen LogP contribution in [0.1, 0.15) is 39.2 Å². The molecule has 30 heavy (non-hydrogen) atoms. The third kappa shape index (κ3) is 8.19. The Bertz CT molecular complexity index is 617. The number of nitrogens with zero attached hydrogens (tertiary/aromatic N) is 4. The summed E-state index contributed by atoms with van der Waals surface area (Å²) in [5.41, 5.74) is 1.12. The molecule has 1 unspecified atom stereocenters. The van der Waals surface area contributed by atoms with Crippen LogP contribution in [0.3, 0.4) is 0 Å². The normalized spacial score (nSPS) is 16.1. The fourth-order valence-electron chi connectivity index (χ4n) is 4.00. The van der Waals surface area contributed by atoms with E-state index in [2.05, 4.69) is 47.4 Å². The van der Waals surface area contributed by atoms with Crippen LogP contribution in [-0.4, -0.2) is 75.4 Å². The van der Waals surface area contributed by atoms with Crippen LogP contribution >= 0.6 is 24.0 Å². The van der Waals surface area contributed by atoms with Crippen molar-refractivity contribution >= 4 is 35.8 Å². The van der Waals surface area contributed by atoms with Gasteiger partial charge in [0.25, 0.3) is 0 Å². The number of aliphatic imine (C=N–C) groups is 1. The molecule has 1 fully saturated rings. The minimum atomic E-state index is 0. The molecule has 1 aromatic heterocycles. The van der Waals surface area contributed by atoms with Crippen LogP contribution in [0.5, 0.6) is 0 Å². The quantitative estimate of drug-likeness (QED) is 0.275. The molecule has 0 saturated carbocycles. The van der Waals surface area contributed by atoms with Crippen LogP contribution < -0.4 is 15.5 Å². The van der Waals surface area contributed by atoms with Crippen LogP contribution in [-0.2, 0) is 11.3 Å². The number of anilines is 1. The maximum Gasteiger partial charge on any atom is 0.191 e. The van der Waals surface area contributed by atoms with Crippen molar-refractivity contribution in [3.05, 3.63) is 23.9 Å². The molecule has 1 aliphatic rings. The summed E-state index contributed by atoms with van der Waals surface area (Å²) in [4.78, 5) is 13.9. The van der Waals surface area contributed by atoms with Gasteiger partial charge in [0.15, 0.2) is 5.96 Å². The summed E-state index contributed by atoms with van der Waals surface area (Å²) in [6.07, 6.45) is 4.21. The molecule has 7 nitrogen and oxygen atoms in total. The smallest absolute Gasteiger partial charge is 0.191 e. The molecular formula is C22H41IN6O. The zero-order valence-corrected chi connectivity index (χ0v) is 21.7. The van der Waals surface area contributed by atoms with Crippen LogP contribution in [0, 0.1) is 5.92 Å². The van der Waals surface area contributed by atoms with E-state index in [9.17, 15) is 0 Å². The van der Waals surface area contributed by atoms with E-state index in [4.69, 9.17) is 9.73 Å². The Morgan fingerprint density at radius 3 is 2.50 bits per heavy atom. The fraction of sp³-hybridized carbons (Fsp3) is 0.727. The number of hydrogen-bond donors (Lipinski definition) is 2. The molecule has 1 aliphatic heterocycles. The van der Waals surface area contributed by atoms with Gasteiger partial charge in [-0.3, -0.25) is 4.90 Å². The van der Waals surface area contributed by atoms with Gasteiger partial charge in [-0.2, -0.15) is 0 Å². The zero-order chi connectivity index (χ0) is 21.1. The van der Waals surface area contributed by atoms with Gasteiger partial charge in [-0.1, -0.05) is 32.8 Å². The molecular weight excluding hydrogens is 491 g/mol. The maximum atomic E-state index is 5.57. The van der Waals surface area contributed by atoms with Crippen molar-refractivity contribution in [3.63, 3.8) is 0 Å². The summed E-state index contributed by atoms with van der Waals surface area (Å²) in [6, 6.07) is 4.56. The van der Waals surface area contributed by atoms with Crippen LogP contribution in [0.2, 0.25) is 0 Å². The highest BCUT2D eigenvalue weighted by molar-refractivity contribution is 14.0. The average molecular weight is 533 g/mol. The van der Waals surface area contributed by atoms with Crippen molar-refractivity contribution in [2.45, 2.75) is 46.2 Å². The number of hydrogen-bond acceptors (Lipinski definition) is 5. The number of nitrogens with one attached hydrogen (secondary N) is 2. The van der Waals surface area contributed by atoms with Crippen LogP contribution in [0.25, 0.3) is 0 Å². The third-order valence-electron chi connectivity index (χ3n) is 5.63. The first-order valence-corrected chi connectivity index (χ1v) is 11.1.